The first kappa shape index (κ1) is 21.5. The van der Waals surface area contributed by atoms with Gasteiger partial charge in [0.1, 0.15) is 5.75 Å². The maximum absolute atomic E-state index is 12.4. The van der Waals surface area contributed by atoms with Crippen LogP contribution in [0.5, 0.6) is 5.75 Å². The van der Waals surface area contributed by atoms with E-state index in [9.17, 15) is 14.4 Å². The van der Waals surface area contributed by atoms with Crippen LogP contribution in [0.15, 0.2) is 41.5 Å². The average Bonchev–Trinajstić information content (AvgIpc) is 2.75. The highest BCUT2D eigenvalue weighted by Gasteiger charge is 2.25. The number of benzene rings is 1. The van der Waals surface area contributed by atoms with Gasteiger partial charge in [0, 0.05) is 50.7 Å². The molecule has 1 aromatic heterocycles. The van der Waals surface area contributed by atoms with E-state index in [0.717, 1.165) is 11.3 Å². The third kappa shape index (κ3) is 5.46. The van der Waals surface area contributed by atoms with Crippen LogP contribution in [0.3, 0.4) is 0 Å². The van der Waals surface area contributed by atoms with E-state index in [1.807, 2.05) is 31.2 Å². The number of piperidine rings is 1. The first-order valence-electron chi connectivity index (χ1n) is 10.3. The van der Waals surface area contributed by atoms with Crippen LogP contribution >= 0.6 is 0 Å². The van der Waals surface area contributed by atoms with Gasteiger partial charge < -0.3 is 15.0 Å². The largest absolute Gasteiger partial charge is 0.494 e. The molecular formula is C22H28N4O4. The summed E-state index contributed by atoms with van der Waals surface area (Å²) in [7, 11) is 0. The second-order valence-electron chi connectivity index (χ2n) is 7.33. The predicted octanol–water partition coefficient (Wildman–Crippen LogP) is 1.68. The molecule has 1 aliphatic heterocycles. The van der Waals surface area contributed by atoms with Crippen molar-refractivity contribution < 1.29 is 14.3 Å². The summed E-state index contributed by atoms with van der Waals surface area (Å²) in [6.07, 6.45) is 2.85. The van der Waals surface area contributed by atoms with Gasteiger partial charge >= 0.3 is 0 Å². The fraction of sp³-hybridized carbons (Fsp3) is 0.455. The van der Waals surface area contributed by atoms with Crippen molar-refractivity contribution in [2.24, 2.45) is 5.92 Å². The molecule has 0 radical (unpaired) electrons. The van der Waals surface area contributed by atoms with Crippen LogP contribution in [-0.4, -0.2) is 52.5 Å². The third-order valence-electron chi connectivity index (χ3n) is 5.30. The standard InChI is InChI=1S/C22H28N4O4/c1-3-30-19-6-4-17(5-7-19)20-14-21(28)26(15-24-20)13-10-23-22(29)18-8-11-25(12-9-18)16(2)27/h4-7,14-15,18H,3,8-13H2,1-2H3,(H,23,29). The predicted molar refractivity (Wildman–Crippen MR) is 113 cm³/mol. The van der Waals surface area contributed by atoms with Crippen molar-refractivity contribution >= 4 is 11.8 Å². The zero-order chi connectivity index (χ0) is 21.5. The molecule has 1 aromatic carbocycles. The normalized spacial score (nSPS) is 14.4. The van der Waals surface area contributed by atoms with Gasteiger partial charge in [0.15, 0.2) is 0 Å². The van der Waals surface area contributed by atoms with Gasteiger partial charge in [0.05, 0.1) is 18.6 Å². The number of aromatic nitrogens is 2. The van der Waals surface area contributed by atoms with Crippen LogP contribution in [-0.2, 0) is 16.1 Å². The van der Waals surface area contributed by atoms with Crippen molar-refractivity contribution in [3.63, 3.8) is 0 Å². The summed E-state index contributed by atoms with van der Waals surface area (Å²) in [5.74, 6) is 0.717. The molecular weight excluding hydrogens is 384 g/mol. The number of amides is 2. The highest BCUT2D eigenvalue weighted by atomic mass is 16.5. The zero-order valence-corrected chi connectivity index (χ0v) is 17.5. The molecule has 2 amide bonds. The topological polar surface area (TPSA) is 93.5 Å². The Morgan fingerprint density at radius 2 is 1.90 bits per heavy atom. The van der Waals surface area contributed by atoms with Crippen molar-refractivity contribution in [1.82, 2.24) is 19.8 Å². The number of likely N-dealkylation sites (tertiary alicyclic amines) is 1. The molecule has 1 aliphatic rings. The molecule has 8 heteroatoms. The number of hydrogen-bond acceptors (Lipinski definition) is 5. The Morgan fingerprint density at radius 1 is 1.20 bits per heavy atom. The summed E-state index contributed by atoms with van der Waals surface area (Å²) >= 11 is 0. The fourth-order valence-electron chi connectivity index (χ4n) is 3.54. The van der Waals surface area contributed by atoms with Gasteiger partial charge in [-0.15, -0.1) is 0 Å². The smallest absolute Gasteiger partial charge is 0.253 e. The minimum absolute atomic E-state index is 0.0229. The first-order chi connectivity index (χ1) is 14.5. The molecule has 0 saturated carbocycles. The molecule has 160 valence electrons. The molecule has 0 bridgehead atoms. The lowest BCUT2D eigenvalue weighted by Gasteiger charge is -2.30. The van der Waals surface area contributed by atoms with Crippen LogP contribution in [0, 0.1) is 5.92 Å². The van der Waals surface area contributed by atoms with E-state index in [1.54, 1.807) is 11.8 Å². The second-order valence-corrected chi connectivity index (χ2v) is 7.33. The molecule has 2 heterocycles. The fourth-order valence-corrected chi connectivity index (χ4v) is 3.54. The number of nitrogens with one attached hydrogen (secondary N) is 1. The van der Waals surface area contributed by atoms with Crippen molar-refractivity contribution in [2.75, 3.05) is 26.2 Å². The van der Waals surface area contributed by atoms with Crippen LogP contribution in [0.4, 0.5) is 0 Å². The van der Waals surface area contributed by atoms with Gasteiger partial charge in [-0.2, -0.15) is 0 Å². The van der Waals surface area contributed by atoms with Gasteiger partial charge in [-0.3, -0.25) is 19.0 Å². The summed E-state index contributed by atoms with van der Waals surface area (Å²) in [4.78, 5) is 42.3. The van der Waals surface area contributed by atoms with Crippen molar-refractivity contribution in [2.45, 2.75) is 33.2 Å². The summed E-state index contributed by atoms with van der Waals surface area (Å²) < 4.78 is 6.91. The van der Waals surface area contributed by atoms with E-state index < -0.39 is 0 Å². The lowest BCUT2D eigenvalue weighted by atomic mass is 9.96. The number of ether oxygens (including phenoxy) is 1. The van der Waals surface area contributed by atoms with Crippen LogP contribution in [0.25, 0.3) is 11.3 Å². The van der Waals surface area contributed by atoms with E-state index in [1.165, 1.54) is 17.0 Å². The molecule has 0 spiro atoms. The molecule has 1 fully saturated rings. The van der Waals surface area contributed by atoms with Gasteiger partial charge in [0.2, 0.25) is 11.8 Å². The highest BCUT2D eigenvalue weighted by molar-refractivity contribution is 5.79. The quantitative estimate of drug-likeness (QED) is 0.747. The van der Waals surface area contributed by atoms with E-state index in [0.29, 0.717) is 51.3 Å². The van der Waals surface area contributed by atoms with Gasteiger partial charge in [-0.1, -0.05) is 0 Å². The minimum atomic E-state index is -0.169. The number of hydrogen-bond donors (Lipinski definition) is 1. The lowest BCUT2D eigenvalue weighted by Crippen LogP contribution is -2.43. The number of carbonyl (C=O) groups excluding carboxylic acids is 2. The first-order valence-corrected chi connectivity index (χ1v) is 10.3. The molecule has 3 rings (SSSR count). The maximum Gasteiger partial charge on any atom is 0.253 e. The van der Waals surface area contributed by atoms with Crippen molar-refractivity contribution in [3.05, 3.63) is 47.0 Å². The Balaban J connectivity index is 1.51. The Hall–Kier alpha value is -3.16. The number of rotatable bonds is 7. The zero-order valence-electron chi connectivity index (χ0n) is 17.5. The van der Waals surface area contributed by atoms with Crippen LogP contribution < -0.4 is 15.6 Å². The van der Waals surface area contributed by atoms with E-state index in [4.69, 9.17) is 4.74 Å². The summed E-state index contributed by atoms with van der Waals surface area (Å²) in [6.45, 7) is 6.01. The van der Waals surface area contributed by atoms with Crippen molar-refractivity contribution in [3.8, 4) is 17.0 Å². The number of nitrogens with zero attached hydrogens (tertiary/aromatic N) is 3. The summed E-state index contributed by atoms with van der Waals surface area (Å²) in [5, 5.41) is 2.89. The lowest BCUT2D eigenvalue weighted by molar-refractivity contribution is -0.133. The molecule has 0 aliphatic carbocycles. The Bertz CT molecular complexity index is 931. The molecule has 8 nitrogen and oxygen atoms in total. The average molecular weight is 412 g/mol. The van der Waals surface area contributed by atoms with Gasteiger partial charge in [0.25, 0.3) is 5.56 Å². The summed E-state index contributed by atoms with van der Waals surface area (Å²) in [6, 6.07) is 8.93. The molecule has 30 heavy (non-hydrogen) atoms. The maximum atomic E-state index is 12.4. The van der Waals surface area contributed by atoms with E-state index >= 15 is 0 Å². The molecule has 2 aromatic rings. The molecule has 1 N–H and O–H groups in total. The number of carbonyl (C=O) groups is 2. The van der Waals surface area contributed by atoms with E-state index in [-0.39, 0.29) is 23.3 Å². The Kier molecular flexibility index (Phi) is 7.21. The van der Waals surface area contributed by atoms with E-state index in [2.05, 4.69) is 10.3 Å². The molecule has 0 unspecified atom stereocenters. The second kappa shape index (κ2) is 10.0. The monoisotopic (exact) mass is 412 g/mol. The van der Waals surface area contributed by atoms with Crippen LogP contribution in [0.2, 0.25) is 0 Å². The summed E-state index contributed by atoms with van der Waals surface area (Å²) in [5.41, 5.74) is 1.27. The SMILES string of the molecule is CCOc1ccc(-c2cc(=O)n(CCNC(=O)C3CCN(C(C)=O)CC3)cn2)cc1. The van der Waals surface area contributed by atoms with Crippen LogP contribution in [0.1, 0.15) is 26.7 Å². The Morgan fingerprint density at radius 3 is 2.50 bits per heavy atom. The van der Waals surface area contributed by atoms with Crippen molar-refractivity contribution in [1.29, 1.82) is 0 Å². The van der Waals surface area contributed by atoms with Gasteiger partial charge in [-0.05, 0) is 44.0 Å². The van der Waals surface area contributed by atoms with Gasteiger partial charge in [-0.25, -0.2) is 4.98 Å². The molecule has 1 saturated heterocycles. The third-order valence-corrected chi connectivity index (χ3v) is 5.30. The molecule has 0 atom stereocenters. The highest BCUT2D eigenvalue weighted by Crippen LogP contribution is 2.19. The minimum Gasteiger partial charge on any atom is -0.494 e. The Labute approximate surface area is 175 Å².